The Bertz CT molecular complexity index is 575. The molecule has 1 atom stereocenters. The highest BCUT2D eigenvalue weighted by Crippen LogP contribution is 2.34. The minimum Gasteiger partial charge on any atom is -0.443 e. The van der Waals surface area contributed by atoms with Gasteiger partial charge in [0.2, 0.25) is 0 Å². The van der Waals surface area contributed by atoms with Crippen LogP contribution in [0.5, 0.6) is 0 Å². The van der Waals surface area contributed by atoms with Gasteiger partial charge >= 0.3 is 6.09 Å². The number of nitrogens with zero attached hydrogens (tertiary/aromatic N) is 3. The smallest absolute Gasteiger partial charge is 0.416 e. The molecule has 0 bridgehead atoms. The van der Waals surface area contributed by atoms with Gasteiger partial charge in [0.15, 0.2) is 0 Å². The Morgan fingerprint density at radius 2 is 2.00 bits per heavy atom. The summed E-state index contributed by atoms with van der Waals surface area (Å²) in [6, 6.07) is 4.76. The number of anilines is 1. The Hall–Kier alpha value is -1.62. The molecule has 0 radical (unpaired) electrons. The van der Waals surface area contributed by atoms with Gasteiger partial charge in [-0.25, -0.2) is 9.78 Å². The van der Waals surface area contributed by atoms with Gasteiger partial charge in [-0.1, -0.05) is 12.5 Å². The number of carbonyl (C=O) groups is 1. The number of ether oxygens (including phenoxy) is 1. The Balaban J connectivity index is 1.76. The molecule has 132 valence electrons. The Labute approximate surface area is 145 Å². The lowest BCUT2D eigenvalue weighted by molar-refractivity contribution is 0.0576. The van der Waals surface area contributed by atoms with E-state index in [1.165, 1.54) is 24.8 Å². The van der Waals surface area contributed by atoms with Gasteiger partial charge in [0.25, 0.3) is 0 Å². The molecule has 0 aromatic carbocycles. The van der Waals surface area contributed by atoms with Gasteiger partial charge in [0.1, 0.15) is 11.4 Å². The second kappa shape index (κ2) is 6.71. The Morgan fingerprint density at radius 1 is 1.25 bits per heavy atom. The van der Waals surface area contributed by atoms with Crippen molar-refractivity contribution in [1.82, 2.24) is 9.88 Å². The van der Waals surface area contributed by atoms with Crippen LogP contribution in [0, 0.1) is 0 Å². The fourth-order valence-corrected chi connectivity index (χ4v) is 3.31. The van der Waals surface area contributed by atoms with E-state index in [1.807, 2.05) is 33.0 Å². The van der Waals surface area contributed by atoms with Gasteiger partial charge in [-0.05, 0) is 71.7 Å². The summed E-state index contributed by atoms with van der Waals surface area (Å²) in [6.07, 6.45) is 7.40. The van der Waals surface area contributed by atoms with Crippen molar-refractivity contribution in [2.45, 2.75) is 70.6 Å². The average Bonchev–Trinajstić information content (AvgIpc) is 3.32. The first kappa shape index (κ1) is 17.2. The molecular formula is C19H29N3O2. The molecule has 2 fully saturated rings. The highest BCUT2D eigenvalue weighted by Gasteiger charge is 2.37. The maximum atomic E-state index is 12.5. The van der Waals surface area contributed by atoms with Crippen LogP contribution in [0.4, 0.5) is 10.6 Å². The van der Waals surface area contributed by atoms with Crippen LogP contribution in [0.2, 0.25) is 0 Å². The molecule has 0 N–H and O–H groups in total. The van der Waals surface area contributed by atoms with Gasteiger partial charge in [-0.2, -0.15) is 0 Å². The zero-order valence-corrected chi connectivity index (χ0v) is 15.3. The van der Waals surface area contributed by atoms with Crippen molar-refractivity contribution in [1.29, 1.82) is 0 Å². The van der Waals surface area contributed by atoms with Crippen molar-refractivity contribution in [3.63, 3.8) is 0 Å². The molecule has 3 rings (SSSR count). The van der Waals surface area contributed by atoms with E-state index >= 15 is 0 Å². The molecule has 1 aliphatic heterocycles. The topological polar surface area (TPSA) is 45.7 Å². The first-order chi connectivity index (χ1) is 11.3. The molecule has 1 aromatic rings. The van der Waals surface area contributed by atoms with Crippen molar-refractivity contribution in [3.8, 4) is 0 Å². The predicted molar refractivity (Wildman–Crippen MR) is 95.2 cm³/mol. The number of amides is 1. The lowest BCUT2D eigenvalue weighted by Crippen LogP contribution is -2.39. The summed E-state index contributed by atoms with van der Waals surface area (Å²) >= 11 is 0. The van der Waals surface area contributed by atoms with E-state index in [-0.39, 0.29) is 12.1 Å². The van der Waals surface area contributed by atoms with Crippen molar-refractivity contribution >= 4 is 11.9 Å². The predicted octanol–water partition coefficient (Wildman–Crippen LogP) is 4.14. The molecule has 24 heavy (non-hydrogen) atoms. The quantitative estimate of drug-likeness (QED) is 0.835. The van der Waals surface area contributed by atoms with Crippen LogP contribution in [0.1, 0.15) is 64.5 Å². The van der Waals surface area contributed by atoms with E-state index in [9.17, 15) is 4.79 Å². The minimum atomic E-state index is -0.491. The maximum Gasteiger partial charge on any atom is 0.416 e. The molecular weight excluding hydrogens is 302 g/mol. The number of hydrogen-bond donors (Lipinski definition) is 0. The van der Waals surface area contributed by atoms with Crippen LogP contribution >= 0.6 is 0 Å². The van der Waals surface area contributed by atoms with E-state index in [4.69, 9.17) is 4.74 Å². The normalized spacial score (nSPS) is 22.2. The van der Waals surface area contributed by atoms with Gasteiger partial charge in [0.05, 0.1) is 0 Å². The van der Waals surface area contributed by atoms with Crippen LogP contribution in [-0.2, 0) is 4.74 Å². The molecule has 1 amide bonds. The van der Waals surface area contributed by atoms with Crippen LogP contribution in [0.3, 0.4) is 0 Å². The van der Waals surface area contributed by atoms with E-state index in [1.54, 1.807) is 4.90 Å². The fraction of sp³-hybridized carbons (Fsp3) is 0.684. The van der Waals surface area contributed by atoms with Gasteiger partial charge in [0, 0.05) is 18.3 Å². The SMILES string of the molecule is CN1CCCC[C@H]1c1ccc(N(C(=O)OC(C)(C)C)C2CC2)nc1. The minimum absolute atomic E-state index is 0.232. The lowest BCUT2D eigenvalue weighted by Gasteiger charge is -2.33. The van der Waals surface area contributed by atoms with Crippen molar-refractivity contribution in [2.75, 3.05) is 18.5 Å². The largest absolute Gasteiger partial charge is 0.443 e. The Kier molecular flexibility index (Phi) is 4.81. The Morgan fingerprint density at radius 3 is 2.54 bits per heavy atom. The molecule has 1 aliphatic carbocycles. The van der Waals surface area contributed by atoms with Crippen molar-refractivity contribution in [3.05, 3.63) is 23.9 Å². The van der Waals surface area contributed by atoms with Crippen LogP contribution < -0.4 is 4.90 Å². The summed E-state index contributed by atoms with van der Waals surface area (Å²) < 4.78 is 5.56. The molecule has 5 heteroatoms. The summed E-state index contributed by atoms with van der Waals surface area (Å²) in [5, 5.41) is 0. The zero-order chi connectivity index (χ0) is 17.3. The molecule has 1 aromatic heterocycles. The number of piperidine rings is 1. The molecule has 2 aliphatic rings. The first-order valence-corrected chi connectivity index (χ1v) is 9.03. The number of pyridine rings is 1. The van der Waals surface area contributed by atoms with E-state index in [0.29, 0.717) is 11.9 Å². The van der Waals surface area contributed by atoms with Crippen LogP contribution in [-0.4, -0.2) is 41.2 Å². The zero-order valence-electron chi connectivity index (χ0n) is 15.3. The lowest BCUT2D eigenvalue weighted by atomic mass is 9.97. The van der Waals surface area contributed by atoms with Gasteiger partial charge < -0.3 is 4.74 Å². The molecule has 1 saturated carbocycles. The summed E-state index contributed by atoms with van der Waals surface area (Å²) in [5.41, 5.74) is 0.746. The molecule has 1 saturated heterocycles. The standard InChI is InChI=1S/C19H29N3O2/c1-19(2,3)24-18(23)22(15-9-10-15)17-11-8-14(13-20-17)16-7-5-6-12-21(16)4/h8,11,13,15-16H,5-7,9-10,12H2,1-4H3/t16-/m0/s1. The monoisotopic (exact) mass is 331 g/mol. The number of hydrogen-bond acceptors (Lipinski definition) is 4. The average molecular weight is 331 g/mol. The number of carbonyl (C=O) groups excluding carboxylic acids is 1. The van der Waals surface area contributed by atoms with Crippen molar-refractivity contribution in [2.24, 2.45) is 0 Å². The second-order valence-corrected chi connectivity index (χ2v) is 8.02. The number of aromatic nitrogens is 1. The summed E-state index contributed by atoms with van der Waals surface area (Å²) in [6.45, 7) is 6.82. The second-order valence-electron chi connectivity index (χ2n) is 8.02. The molecule has 2 heterocycles. The highest BCUT2D eigenvalue weighted by molar-refractivity contribution is 5.88. The third-order valence-corrected chi connectivity index (χ3v) is 4.67. The van der Waals surface area contributed by atoms with Crippen LogP contribution in [0.25, 0.3) is 0 Å². The third kappa shape index (κ3) is 4.07. The van der Waals surface area contributed by atoms with Crippen molar-refractivity contribution < 1.29 is 9.53 Å². The highest BCUT2D eigenvalue weighted by atomic mass is 16.6. The molecule has 0 unspecified atom stereocenters. The summed E-state index contributed by atoms with van der Waals surface area (Å²) in [5.74, 6) is 0.703. The first-order valence-electron chi connectivity index (χ1n) is 9.03. The number of rotatable bonds is 3. The molecule has 5 nitrogen and oxygen atoms in total. The summed E-state index contributed by atoms with van der Waals surface area (Å²) in [7, 11) is 2.18. The van der Waals surface area contributed by atoms with Gasteiger partial charge in [-0.15, -0.1) is 0 Å². The fourth-order valence-electron chi connectivity index (χ4n) is 3.31. The van der Waals surface area contributed by atoms with Crippen LogP contribution in [0.15, 0.2) is 18.3 Å². The van der Waals surface area contributed by atoms with E-state index in [2.05, 4.69) is 23.0 Å². The van der Waals surface area contributed by atoms with Gasteiger partial charge in [-0.3, -0.25) is 9.80 Å². The maximum absolute atomic E-state index is 12.5. The van der Waals surface area contributed by atoms with E-state index in [0.717, 1.165) is 19.4 Å². The van der Waals surface area contributed by atoms with E-state index < -0.39 is 5.60 Å². The number of likely N-dealkylation sites (tertiary alicyclic amines) is 1. The molecule has 0 spiro atoms. The summed E-state index contributed by atoms with van der Waals surface area (Å²) in [4.78, 5) is 21.3. The third-order valence-electron chi connectivity index (χ3n) is 4.67.